The number of benzene rings is 1. The summed E-state index contributed by atoms with van der Waals surface area (Å²) in [6.45, 7) is 12.2. The normalized spacial score (nSPS) is 10.7. The minimum absolute atomic E-state index is 0.165. The van der Waals surface area contributed by atoms with Crippen molar-refractivity contribution in [2.24, 2.45) is 0 Å². The number of hydrogen-bond acceptors (Lipinski definition) is 5. The fraction of sp³-hybridized carbons (Fsp3) is 0.238. The van der Waals surface area contributed by atoms with Crippen LogP contribution in [0.5, 0.6) is 0 Å². The van der Waals surface area contributed by atoms with Crippen LogP contribution in [-0.4, -0.2) is 11.9 Å². The van der Waals surface area contributed by atoms with Crippen LogP contribution in [0.1, 0.15) is 38.2 Å². The summed E-state index contributed by atoms with van der Waals surface area (Å²) in [5.41, 5.74) is 1.80. The fourth-order valence-corrected chi connectivity index (χ4v) is 1.71. The van der Waals surface area contributed by atoms with Gasteiger partial charge in [0, 0.05) is 11.1 Å². The van der Waals surface area contributed by atoms with Gasteiger partial charge < -0.3 is 13.9 Å². The van der Waals surface area contributed by atoms with E-state index >= 15 is 0 Å². The Labute approximate surface area is 153 Å². The van der Waals surface area contributed by atoms with Crippen molar-refractivity contribution >= 4 is 11.9 Å². The van der Waals surface area contributed by atoms with E-state index < -0.39 is 5.97 Å². The van der Waals surface area contributed by atoms with E-state index in [1.54, 1.807) is 26.0 Å². The number of hydrogen-bond donors (Lipinski definition) is 0. The van der Waals surface area contributed by atoms with Crippen LogP contribution >= 0.6 is 0 Å². The average Bonchev–Trinajstić information content (AvgIpc) is 3.14. The number of ether oxygens (including phenoxy) is 2. The van der Waals surface area contributed by atoms with Crippen molar-refractivity contribution in [1.82, 2.24) is 0 Å². The molecule has 0 spiro atoms. The molecule has 1 atom stereocenters. The van der Waals surface area contributed by atoms with E-state index in [9.17, 15) is 9.59 Å². The van der Waals surface area contributed by atoms with Crippen LogP contribution < -0.4 is 0 Å². The minimum atomic E-state index is -0.397. The molecule has 1 aromatic heterocycles. The Morgan fingerprint density at radius 2 is 1.62 bits per heavy atom. The number of rotatable bonds is 6. The second-order valence-corrected chi connectivity index (χ2v) is 5.67. The van der Waals surface area contributed by atoms with Crippen molar-refractivity contribution in [1.29, 1.82) is 0 Å². The molecule has 0 fully saturated rings. The van der Waals surface area contributed by atoms with Crippen LogP contribution in [0.15, 0.2) is 77.4 Å². The zero-order valence-electron chi connectivity index (χ0n) is 15.4. The molecule has 0 radical (unpaired) electrons. The Kier molecular flexibility index (Phi) is 8.64. The summed E-state index contributed by atoms with van der Waals surface area (Å²) in [6, 6.07) is 13.1. The quantitative estimate of drug-likeness (QED) is 0.551. The van der Waals surface area contributed by atoms with Crippen molar-refractivity contribution in [2.75, 3.05) is 0 Å². The third kappa shape index (κ3) is 7.66. The standard InChI is InChI=1S/C12H14O2.C9H10O3/c1-9(2)12(13)14-10(3)11-7-5-4-6-8-11;1-7(2)9(10)12-6-8-4-3-5-11-8/h4-8,10H,1H2,2-3H3;3-5H,1,6H2,2H3. The Bertz CT molecular complexity index is 729. The molecule has 0 N–H and O–H groups in total. The first kappa shape index (κ1) is 21.0. The largest absolute Gasteiger partial charge is 0.466 e. The molecule has 0 aliphatic carbocycles. The van der Waals surface area contributed by atoms with E-state index in [0.29, 0.717) is 16.9 Å². The molecule has 138 valence electrons. The predicted molar refractivity (Wildman–Crippen MR) is 99.1 cm³/mol. The van der Waals surface area contributed by atoms with Gasteiger partial charge in [0.1, 0.15) is 18.5 Å². The first-order valence-corrected chi connectivity index (χ1v) is 8.07. The van der Waals surface area contributed by atoms with Gasteiger partial charge in [-0.25, -0.2) is 9.59 Å². The second-order valence-electron chi connectivity index (χ2n) is 5.67. The van der Waals surface area contributed by atoms with Gasteiger partial charge in [-0.15, -0.1) is 0 Å². The molecule has 0 aliphatic heterocycles. The third-order valence-electron chi connectivity index (χ3n) is 3.18. The van der Waals surface area contributed by atoms with Gasteiger partial charge in [-0.1, -0.05) is 43.5 Å². The summed E-state index contributed by atoms with van der Waals surface area (Å²) in [7, 11) is 0. The Hall–Kier alpha value is -3.08. The molecular formula is C21H24O5. The van der Waals surface area contributed by atoms with E-state index in [4.69, 9.17) is 13.9 Å². The smallest absolute Gasteiger partial charge is 0.333 e. The van der Waals surface area contributed by atoms with Crippen molar-refractivity contribution in [3.8, 4) is 0 Å². The molecule has 1 heterocycles. The first-order chi connectivity index (χ1) is 12.3. The monoisotopic (exact) mass is 356 g/mol. The van der Waals surface area contributed by atoms with Gasteiger partial charge >= 0.3 is 11.9 Å². The maximum atomic E-state index is 11.2. The average molecular weight is 356 g/mol. The molecule has 1 unspecified atom stereocenters. The molecule has 0 saturated carbocycles. The van der Waals surface area contributed by atoms with E-state index in [1.165, 1.54) is 6.26 Å². The van der Waals surface area contributed by atoms with Crippen molar-refractivity contribution < 1.29 is 23.5 Å². The zero-order chi connectivity index (χ0) is 19.5. The lowest BCUT2D eigenvalue weighted by Crippen LogP contribution is -2.08. The SMILES string of the molecule is C=C(C)C(=O)OC(C)c1ccccc1.C=C(C)C(=O)OCc1ccco1. The van der Waals surface area contributed by atoms with E-state index in [-0.39, 0.29) is 18.7 Å². The van der Waals surface area contributed by atoms with Crippen molar-refractivity contribution in [3.05, 3.63) is 84.4 Å². The Balaban J connectivity index is 0.000000263. The van der Waals surface area contributed by atoms with Gasteiger partial charge in [0.2, 0.25) is 0 Å². The lowest BCUT2D eigenvalue weighted by atomic mass is 10.1. The van der Waals surface area contributed by atoms with Gasteiger partial charge in [-0.05, 0) is 38.5 Å². The second kappa shape index (κ2) is 10.7. The molecule has 26 heavy (non-hydrogen) atoms. The van der Waals surface area contributed by atoms with E-state index in [0.717, 1.165) is 5.56 Å². The first-order valence-electron chi connectivity index (χ1n) is 8.07. The highest BCUT2D eigenvalue weighted by Gasteiger charge is 2.11. The highest BCUT2D eigenvalue weighted by Crippen LogP contribution is 2.17. The number of carbonyl (C=O) groups is 2. The topological polar surface area (TPSA) is 65.7 Å². The number of furan rings is 1. The fourth-order valence-electron chi connectivity index (χ4n) is 1.71. The highest BCUT2D eigenvalue weighted by molar-refractivity contribution is 5.87. The molecule has 0 amide bonds. The minimum Gasteiger partial charge on any atom is -0.466 e. The molecule has 0 saturated heterocycles. The van der Waals surface area contributed by atoms with E-state index in [2.05, 4.69) is 13.2 Å². The Morgan fingerprint density at radius 1 is 1.00 bits per heavy atom. The zero-order valence-corrected chi connectivity index (χ0v) is 15.4. The van der Waals surface area contributed by atoms with Crippen LogP contribution in [0.25, 0.3) is 0 Å². The maximum absolute atomic E-state index is 11.2. The lowest BCUT2D eigenvalue weighted by molar-refractivity contribution is -0.143. The number of esters is 2. The summed E-state index contributed by atoms with van der Waals surface area (Å²) in [5, 5.41) is 0. The van der Waals surface area contributed by atoms with Crippen LogP contribution in [0.3, 0.4) is 0 Å². The van der Waals surface area contributed by atoms with Gasteiger partial charge in [0.15, 0.2) is 0 Å². The van der Waals surface area contributed by atoms with Crippen LogP contribution in [0, 0.1) is 0 Å². The van der Waals surface area contributed by atoms with E-state index in [1.807, 2.05) is 37.3 Å². The highest BCUT2D eigenvalue weighted by atomic mass is 16.5. The van der Waals surface area contributed by atoms with Crippen molar-refractivity contribution in [2.45, 2.75) is 33.5 Å². The molecule has 2 aromatic rings. The summed E-state index contributed by atoms with van der Waals surface area (Å²) >= 11 is 0. The van der Waals surface area contributed by atoms with Crippen LogP contribution in [0.4, 0.5) is 0 Å². The van der Waals surface area contributed by atoms with Crippen LogP contribution in [-0.2, 0) is 25.7 Å². The van der Waals surface area contributed by atoms with Gasteiger partial charge in [0.25, 0.3) is 0 Å². The molecule has 5 nitrogen and oxygen atoms in total. The van der Waals surface area contributed by atoms with Gasteiger partial charge in [0.05, 0.1) is 6.26 Å². The molecule has 5 heteroatoms. The Morgan fingerprint density at radius 3 is 2.12 bits per heavy atom. The number of carbonyl (C=O) groups excluding carboxylic acids is 2. The van der Waals surface area contributed by atoms with Gasteiger partial charge in [-0.2, -0.15) is 0 Å². The van der Waals surface area contributed by atoms with Crippen molar-refractivity contribution in [3.63, 3.8) is 0 Å². The molecule has 2 rings (SSSR count). The summed E-state index contributed by atoms with van der Waals surface area (Å²) < 4.78 is 14.9. The maximum Gasteiger partial charge on any atom is 0.333 e. The molecule has 1 aromatic carbocycles. The summed E-state index contributed by atoms with van der Waals surface area (Å²) in [6.07, 6.45) is 1.31. The molecule has 0 aliphatic rings. The predicted octanol–water partition coefficient (Wildman–Crippen LogP) is 4.77. The molecular weight excluding hydrogens is 332 g/mol. The van der Waals surface area contributed by atoms with Gasteiger partial charge in [-0.3, -0.25) is 0 Å². The lowest BCUT2D eigenvalue weighted by Gasteiger charge is -2.13. The summed E-state index contributed by atoms with van der Waals surface area (Å²) in [4.78, 5) is 22.1. The third-order valence-corrected chi connectivity index (χ3v) is 3.18. The summed E-state index contributed by atoms with van der Waals surface area (Å²) in [5.74, 6) is -0.114. The van der Waals surface area contributed by atoms with Crippen LogP contribution in [0.2, 0.25) is 0 Å². The molecule has 0 bridgehead atoms.